The largest absolute Gasteiger partial charge is 0.251 e. The van der Waals surface area contributed by atoms with Gasteiger partial charge in [-0.05, 0) is 18.6 Å². The molecule has 0 rings (SSSR count). The smallest absolute Gasteiger partial charge is 0.0894 e. The highest BCUT2D eigenvalue weighted by atomic mass is 32.1. The van der Waals surface area contributed by atoms with Crippen molar-refractivity contribution >= 4 is 12.6 Å². The van der Waals surface area contributed by atoms with Crippen LogP contribution >= 0.6 is 12.6 Å². The molecule has 0 radical (unpaired) electrons. The second kappa shape index (κ2) is 22.3. The normalized spacial score (nSPS) is 11.2. The van der Waals surface area contributed by atoms with Crippen LogP contribution in [0.3, 0.4) is 0 Å². The minimum Gasteiger partial charge on any atom is -0.251 e. The minimum atomic E-state index is -0.129. The van der Waals surface area contributed by atoms with Crippen LogP contribution in [0.1, 0.15) is 122 Å². The molecule has 0 aromatic heterocycles. The predicted octanol–water partition coefficient (Wildman–Crippen LogP) is 8.30. The summed E-state index contributed by atoms with van der Waals surface area (Å²) in [5.74, 6) is 1.06. The van der Waals surface area contributed by atoms with Crippen molar-refractivity contribution in [3.63, 3.8) is 0 Å². The molecule has 0 aliphatic rings. The molecule has 0 heterocycles. The molecular weight excluding hydrogens is 303 g/mol. The summed E-state index contributed by atoms with van der Waals surface area (Å²) in [6.45, 7) is -0.129. The van der Waals surface area contributed by atoms with Crippen molar-refractivity contribution in [1.29, 1.82) is 0 Å². The van der Waals surface area contributed by atoms with Gasteiger partial charge in [0.2, 0.25) is 0 Å². The molecule has 0 atom stereocenters. The van der Waals surface area contributed by atoms with E-state index in [1.54, 1.807) is 0 Å². The first-order chi connectivity index (χ1) is 11.4. The highest BCUT2D eigenvalue weighted by Gasteiger charge is 1.95. The summed E-state index contributed by atoms with van der Waals surface area (Å²) in [7, 11) is 0. The quantitative estimate of drug-likeness (QED) is 0.166. The van der Waals surface area contributed by atoms with Crippen molar-refractivity contribution in [1.82, 2.24) is 0 Å². The van der Waals surface area contributed by atoms with Gasteiger partial charge in [0.05, 0.1) is 6.67 Å². The van der Waals surface area contributed by atoms with E-state index < -0.39 is 0 Å². The molecule has 0 aliphatic heterocycles. The number of rotatable bonds is 20. The lowest BCUT2D eigenvalue weighted by atomic mass is 10.0. The Morgan fingerprint density at radius 2 is 0.565 bits per heavy atom. The molecule has 2 heteroatoms. The van der Waals surface area contributed by atoms with E-state index in [-0.39, 0.29) is 6.67 Å². The second-order valence-corrected chi connectivity index (χ2v) is 7.58. The molecule has 0 fully saturated rings. The number of hydrogen-bond donors (Lipinski definition) is 1. The fourth-order valence-corrected chi connectivity index (χ4v) is 3.44. The highest BCUT2D eigenvalue weighted by molar-refractivity contribution is 7.80. The molecule has 0 bridgehead atoms. The number of halogens is 1. The van der Waals surface area contributed by atoms with Crippen LogP contribution in [-0.4, -0.2) is 12.4 Å². The van der Waals surface area contributed by atoms with E-state index in [4.69, 9.17) is 0 Å². The predicted molar refractivity (Wildman–Crippen MR) is 108 cm³/mol. The van der Waals surface area contributed by atoms with E-state index in [9.17, 15) is 4.39 Å². The summed E-state index contributed by atoms with van der Waals surface area (Å²) in [4.78, 5) is 0. The zero-order valence-corrected chi connectivity index (χ0v) is 16.6. The van der Waals surface area contributed by atoms with Gasteiger partial charge >= 0.3 is 0 Å². The SMILES string of the molecule is FCCCCCCCCCCCCCCCCCCCCCS. The van der Waals surface area contributed by atoms with E-state index in [1.807, 2.05) is 0 Å². The third-order valence-electron chi connectivity index (χ3n) is 4.79. The fraction of sp³-hybridized carbons (Fsp3) is 1.00. The van der Waals surface area contributed by atoms with Gasteiger partial charge in [-0.1, -0.05) is 109 Å². The highest BCUT2D eigenvalue weighted by Crippen LogP contribution is 2.14. The van der Waals surface area contributed by atoms with E-state index in [1.165, 1.54) is 109 Å². The van der Waals surface area contributed by atoms with Gasteiger partial charge in [-0.2, -0.15) is 12.6 Å². The summed E-state index contributed by atoms with van der Waals surface area (Å²) in [6, 6.07) is 0. The maximum Gasteiger partial charge on any atom is 0.0894 e. The summed E-state index contributed by atoms with van der Waals surface area (Å²) >= 11 is 4.25. The lowest BCUT2D eigenvalue weighted by molar-refractivity contribution is 0.448. The zero-order valence-electron chi connectivity index (χ0n) is 15.7. The van der Waals surface area contributed by atoms with Gasteiger partial charge in [0.25, 0.3) is 0 Å². The molecule has 0 aliphatic carbocycles. The maximum atomic E-state index is 11.9. The lowest BCUT2D eigenvalue weighted by Gasteiger charge is -2.03. The molecule has 23 heavy (non-hydrogen) atoms. The van der Waals surface area contributed by atoms with Crippen LogP contribution in [0.4, 0.5) is 4.39 Å². The van der Waals surface area contributed by atoms with Gasteiger partial charge in [0.15, 0.2) is 0 Å². The van der Waals surface area contributed by atoms with Gasteiger partial charge in [-0.25, -0.2) is 0 Å². The zero-order chi connectivity index (χ0) is 16.8. The number of hydrogen-bond acceptors (Lipinski definition) is 1. The molecule has 0 amide bonds. The average Bonchev–Trinajstić information content (AvgIpc) is 2.57. The number of alkyl halides is 1. The molecule has 0 saturated carbocycles. The second-order valence-electron chi connectivity index (χ2n) is 7.13. The standard InChI is InChI=1S/C21H43FS/c22-20-18-16-14-12-10-8-6-4-2-1-3-5-7-9-11-13-15-17-19-21-23/h23H,1-21H2. The summed E-state index contributed by atoms with van der Waals surface area (Å²) in [5, 5.41) is 0. The van der Waals surface area contributed by atoms with Crippen molar-refractivity contribution in [2.45, 2.75) is 122 Å². The third-order valence-corrected chi connectivity index (χ3v) is 5.11. The molecule has 0 aromatic carbocycles. The van der Waals surface area contributed by atoms with Crippen molar-refractivity contribution in [3.8, 4) is 0 Å². The molecule has 0 nitrogen and oxygen atoms in total. The van der Waals surface area contributed by atoms with E-state index in [2.05, 4.69) is 12.6 Å². The average molecular weight is 347 g/mol. The molecule has 140 valence electrons. The van der Waals surface area contributed by atoms with Crippen LogP contribution in [0, 0.1) is 0 Å². The van der Waals surface area contributed by atoms with Crippen molar-refractivity contribution in [2.24, 2.45) is 0 Å². The first-order valence-electron chi connectivity index (χ1n) is 10.6. The van der Waals surface area contributed by atoms with Crippen LogP contribution in [-0.2, 0) is 0 Å². The number of thiol groups is 1. The van der Waals surface area contributed by atoms with Crippen LogP contribution < -0.4 is 0 Å². The third kappa shape index (κ3) is 22.3. The van der Waals surface area contributed by atoms with Crippen molar-refractivity contribution < 1.29 is 4.39 Å². The van der Waals surface area contributed by atoms with Gasteiger partial charge in [-0.3, -0.25) is 4.39 Å². The van der Waals surface area contributed by atoms with Crippen molar-refractivity contribution in [2.75, 3.05) is 12.4 Å². The van der Waals surface area contributed by atoms with E-state index in [0.717, 1.165) is 18.6 Å². The Labute approximate surface area is 151 Å². The van der Waals surface area contributed by atoms with Gasteiger partial charge in [0, 0.05) is 0 Å². The summed E-state index contributed by atoms with van der Waals surface area (Å²) in [5.41, 5.74) is 0. The van der Waals surface area contributed by atoms with Gasteiger partial charge in [0.1, 0.15) is 0 Å². The van der Waals surface area contributed by atoms with Crippen LogP contribution in [0.15, 0.2) is 0 Å². The Balaban J connectivity index is 2.92. The van der Waals surface area contributed by atoms with E-state index in [0.29, 0.717) is 0 Å². The molecular formula is C21H43FS. The number of unbranched alkanes of at least 4 members (excludes halogenated alkanes) is 18. The Morgan fingerprint density at radius 3 is 0.783 bits per heavy atom. The minimum absolute atomic E-state index is 0.129. The van der Waals surface area contributed by atoms with Gasteiger partial charge in [-0.15, -0.1) is 0 Å². The molecule has 0 aromatic rings. The van der Waals surface area contributed by atoms with Gasteiger partial charge < -0.3 is 0 Å². The fourth-order valence-electron chi connectivity index (χ4n) is 3.21. The van der Waals surface area contributed by atoms with Crippen LogP contribution in [0.2, 0.25) is 0 Å². The first kappa shape index (κ1) is 23.3. The molecule has 0 unspecified atom stereocenters. The van der Waals surface area contributed by atoms with Crippen LogP contribution in [0.5, 0.6) is 0 Å². The topological polar surface area (TPSA) is 0 Å². The summed E-state index contributed by atoms with van der Waals surface area (Å²) in [6.07, 6.45) is 25.6. The molecule has 0 saturated heterocycles. The van der Waals surface area contributed by atoms with Crippen molar-refractivity contribution in [3.05, 3.63) is 0 Å². The maximum absolute atomic E-state index is 11.9. The molecule has 0 N–H and O–H groups in total. The van der Waals surface area contributed by atoms with Crippen LogP contribution in [0.25, 0.3) is 0 Å². The monoisotopic (exact) mass is 346 g/mol. The van der Waals surface area contributed by atoms with E-state index >= 15 is 0 Å². The lowest BCUT2D eigenvalue weighted by Crippen LogP contribution is -1.84. The first-order valence-corrected chi connectivity index (χ1v) is 11.2. The Kier molecular flexibility index (Phi) is 22.6. The Morgan fingerprint density at radius 1 is 0.348 bits per heavy atom. The molecule has 0 spiro atoms. The Bertz CT molecular complexity index is 176. The summed E-state index contributed by atoms with van der Waals surface area (Å²) < 4.78 is 11.9. The Hall–Kier alpha value is 0.280.